The molecule has 8 heteroatoms. The topological polar surface area (TPSA) is 84.7 Å². The van der Waals surface area contributed by atoms with Crippen LogP contribution < -0.4 is 10.1 Å². The third-order valence-corrected chi connectivity index (χ3v) is 6.86. The van der Waals surface area contributed by atoms with Crippen LogP contribution in [-0.4, -0.2) is 43.8 Å². The third kappa shape index (κ3) is 5.07. The molecule has 0 amide bonds. The van der Waals surface area contributed by atoms with Crippen LogP contribution in [0.15, 0.2) is 40.9 Å². The predicted molar refractivity (Wildman–Crippen MR) is 127 cm³/mol. The molecule has 1 aromatic heterocycles. The first-order valence-corrected chi connectivity index (χ1v) is 12.7. The normalized spacial score (nSPS) is 14.8. The summed E-state index contributed by atoms with van der Waals surface area (Å²) in [5.74, 6) is 1.41. The fourth-order valence-electron chi connectivity index (χ4n) is 3.72. The minimum absolute atomic E-state index is 0.0863. The van der Waals surface area contributed by atoms with Crippen LogP contribution in [0, 0.1) is 5.41 Å². The summed E-state index contributed by atoms with van der Waals surface area (Å²) >= 11 is 0. The highest BCUT2D eigenvalue weighted by atomic mass is 32.2. The quantitative estimate of drug-likeness (QED) is 0.519. The number of benzene rings is 2. The molecular weight excluding hydrogens is 426 g/mol. The van der Waals surface area contributed by atoms with Crippen molar-refractivity contribution in [3.63, 3.8) is 0 Å². The highest BCUT2D eigenvalue weighted by molar-refractivity contribution is 7.88. The van der Waals surface area contributed by atoms with Crippen LogP contribution in [0.3, 0.4) is 0 Å². The van der Waals surface area contributed by atoms with Crippen molar-refractivity contribution in [3.05, 3.63) is 42.0 Å². The van der Waals surface area contributed by atoms with E-state index in [4.69, 9.17) is 9.26 Å². The average Bonchev–Trinajstić information content (AvgIpc) is 3.47. The van der Waals surface area contributed by atoms with E-state index in [1.165, 1.54) is 6.26 Å². The molecule has 1 heterocycles. The number of hydrogen-bond donors (Lipinski definition) is 1. The van der Waals surface area contributed by atoms with E-state index in [1.54, 1.807) is 11.4 Å². The molecule has 0 radical (unpaired) electrons. The van der Waals surface area contributed by atoms with Crippen LogP contribution in [-0.2, 0) is 16.6 Å². The number of fused-ring (bicyclic) bond motifs is 1. The Morgan fingerprint density at radius 3 is 2.47 bits per heavy atom. The molecule has 1 fully saturated rings. The van der Waals surface area contributed by atoms with Crippen LogP contribution in [0.1, 0.15) is 39.2 Å². The zero-order valence-electron chi connectivity index (χ0n) is 19.3. The molecule has 3 aromatic rings. The minimum Gasteiger partial charge on any atom is -0.496 e. The lowest BCUT2D eigenvalue weighted by Gasteiger charge is -2.21. The third-order valence-electron chi connectivity index (χ3n) is 5.58. The van der Waals surface area contributed by atoms with Gasteiger partial charge in [-0.15, -0.1) is 0 Å². The summed E-state index contributed by atoms with van der Waals surface area (Å²) in [7, 11) is -1.69. The molecular formula is C24H31N3O4S. The van der Waals surface area contributed by atoms with Crippen molar-refractivity contribution in [2.45, 2.75) is 46.2 Å². The molecule has 1 aliphatic rings. The standard InChI is InChI=1S/C24H31N3O4S/c1-24(2,3)15-25-23-20-13-17(7-11-22(20)31-26-23)16-6-10-21(30-4)18(12-16)14-27(19-8-9-19)32(5,28)29/h6-7,10-13,19H,8-9,14-15H2,1-5H3,(H,25,26). The van der Waals surface area contributed by atoms with Gasteiger partial charge in [-0.05, 0) is 53.6 Å². The molecule has 1 aliphatic carbocycles. The lowest BCUT2D eigenvalue weighted by atomic mass is 9.97. The lowest BCUT2D eigenvalue weighted by molar-refractivity contribution is 0.376. The molecule has 0 unspecified atom stereocenters. The Morgan fingerprint density at radius 1 is 1.16 bits per heavy atom. The molecule has 1 saturated carbocycles. The SMILES string of the molecule is COc1ccc(-c2ccc3onc(NCC(C)(C)C)c3c2)cc1CN(C1CC1)S(C)(=O)=O. The summed E-state index contributed by atoms with van der Waals surface area (Å²) in [6.07, 6.45) is 3.08. The maximum atomic E-state index is 12.3. The van der Waals surface area contributed by atoms with Gasteiger partial charge in [0.05, 0.1) is 18.8 Å². The molecule has 172 valence electrons. The van der Waals surface area contributed by atoms with E-state index in [2.05, 4.69) is 37.3 Å². The van der Waals surface area contributed by atoms with Gasteiger partial charge in [0.15, 0.2) is 11.4 Å². The smallest absolute Gasteiger partial charge is 0.211 e. The van der Waals surface area contributed by atoms with E-state index in [-0.39, 0.29) is 11.5 Å². The number of hydrogen-bond acceptors (Lipinski definition) is 6. The van der Waals surface area contributed by atoms with Crippen molar-refractivity contribution >= 4 is 26.8 Å². The van der Waals surface area contributed by atoms with Crippen molar-refractivity contribution in [1.29, 1.82) is 0 Å². The van der Waals surface area contributed by atoms with Gasteiger partial charge in [0.25, 0.3) is 0 Å². The van der Waals surface area contributed by atoms with Gasteiger partial charge < -0.3 is 14.6 Å². The van der Waals surface area contributed by atoms with Crippen molar-refractivity contribution in [2.75, 3.05) is 25.2 Å². The molecule has 7 nitrogen and oxygen atoms in total. The maximum absolute atomic E-state index is 12.3. The van der Waals surface area contributed by atoms with Crippen LogP contribution >= 0.6 is 0 Å². The predicted octanol–water partition coefficient (Wildman–Crippen LogP) is 4.89. The number of sulfonamides is 1. The van der Waals surface area contributed by atoms with Gasteiger partial charge in [-0.2, -0.15) is 4.31 Å². The summed E-state index contributed by atoms with van der Waals surface area (Å²) in [5, 5.41) is 8.49. The largest absolute Gasteiger partial charge is 0.496 e. The average molecular weight is 458 g/mol. The van der Waals surface area contributed by atoms with Crippen LogP contribution in [0.5, 0.6) is 5.75 Å². The van der Waals surface area contributed by atoms with Gasteiger partial charge in [0, 0.05) is 24.7 Å². The lowest BCUT2D eigenvalue weighted by Crippen LogP contribution is -2.31. The minimum atomic E-state index is -3.30. The fraction of sp³-hybridized carbons (Fsp3) is 0.458. The van der Waals surface area contributed by atoms with E-state index < -0.39 is 10.0 Å². The molecule has 0 aliphatic heterocycles. The van der Waals surface area contributed by atoms with Crippen LogP contribution in [0.4, 0.5) is 5.82 Å². The van der Waals surface area contributed by atoms with Gasteiger partial charge in [0.1, 0.15) is 5.75 Å². The summed E-state index contributed by atoms with van der Waals surface area (Å²) in [5.41, 5.74) is 3.66. The molecule has 2 aromatic carbocycles. The van der Waals surface area contributed by atoms with Gasteiger partial charge in [-0.3, -0.25) is 0 Å². The van der Waals surface area contributed by atoms with Gasteiger partial charge >= 0.3 is 0 Å². The number of methoxy groups -OCH3 is 1. The first-order chi connectivity index (χ1) is 15.0. The molecule has 4 rings (SSSR count). The molecule has 1 N–H and O–H groups in total. The molecule has 32 heavy (non-hydrogen) atoms. The van der Waals surface area contributed by atoms with E-state index in [0.717, 1.165) is 52.9 Å². The van der Waals surface area contributed by atoms with E-state index in [0.29, 0.717) is 12.3 Å². The number of nitrogens with zero attached hydrogens (tertiary/aromatic N) is 2. The van der Waals surface area contributed by atoms with Crippen molar-refractivity contribution in [1.82, 2.24) is 9.46 Å². The Labute approximate surface area is 189 Å². The van der Waals surface area contributed by atoms with E-state index in [9.17, 15) is 8.42 Å². The Bertz CT molecular complexity index is 1220. The number of ether oxygens (including phenoxy) is 1. The number of aromatic nitrogens is 1. The second kappa shape index (κ2) is 8.41. The maximum Gasteiger partial charge on any atom is 0.211 e. The zero-order valence-corrected chi connectivity index (χ0v) is 20.1. The molecule has 0 spiro atoms. The Hall–Kier alpha value is -2.58. The molecule has 0 bridgehead atoms. The fourth-order valence-corrected chi connectivity index (χ4v) is 4.85. The van der Waals surface area contributed by atoms with Crippen molar-refractivity contribution in [3.8, 4) is 16.9 Å². The van der Waals surface area contributed by atoms with E-state index in [1.807, 2.05) is 30.3 Å². The summed E-state index contributed by atoms with van der Waals surface area (Å²) in [6, 6.07) is 11.9. The number of rotatable bonds is 8. The van der Waals surface area contributed by atoms with Crippen LogP contribution in [0.25, 0.3) is 22.1 Å². The van der Waals surface area contributed by atoms with Crippen molar-refractivity contribution < 1.29 is 17.7 Å². The second-order valence-corrected chi connectivity index (χ2v) is 11.7. The Balaban J connectivity index is 1.68. The van der Waals surface area contributed by atoms with Crippen molar-refractivity contribution in [2.24, 2.45) is 5.41 Å². The highest BCUT2D eigenvalue weighted by Crippen LogP contribution is 2.35. The van der Waals surface area contributed by atoms with Gasteiger partial charge in [-0.25, -0.2) is 8.42 Å². The van der Waals surface area contributed by atoms with Gasteiger partial charge in [-0.1, -0.05) is 38.1 Å². The molecule has 0 atom stereocenters. The monoisotopic (exact) mass is 457 g/mol. The zero-order chi connectivity index (χ0) is 23.1. The summed E-state index contributed by atoms with van der Waals surface area (Å²) < 4.78 is 37.2. The first-order valence-electron chi connectivity index (χ1n) is 10.8. The Morgan fingerprint density at radius 2 is 1.84 bits per heavy atom. The highest BCUT2D eigenvalue weighted by Gasteiger charge is 2.35. The number of nitrogens with one attached hydrogen (secondary N) is 1. The first kappa shape index (κ1) is 22.6. The van der Waals surface area contributed by atoms with Crippen LogP contribution in [0.2, 0.25) is 0 Å². The second-order valence-electron chi connectivity index (χ2n) is 9.72. The van der Waals surface area contributed by atoms with E-state index >= 15 is 0 Å². The Kier molecular flexibility index (Phi) is 5.94. The van der Waals surface area contributed by atoms with Gasteiger partial charge in [0.2, 0.25) is 10.0 Å². The summed E-state index contributed by atoms with van der Waals surface area (Å²) in [6.45, 7) is 7.55. The molecule has 0 saturated heterocycles. The number of anilines is 1. The summed E-state index contributed by atoms with van der Waals surface area (Å²) in [4.78, 5) is 0.